The molecule has 90 valence electrons. The van der Waals surface area contributed by atoms with Gasteiger partial charge in [0.15, 0.2) is 12.4 Å². The topological polar surface area (TPSA) is 67.2 Å². The maximum Gasteiger partial charge on any atom is 0.430 e. The van der Waals surface area contributed by atoms with Gasteiger partial charge in [-0.15, -0.1) is 0 Å². The van der Waals surface area contributed by atoms with E-state index in [4.69, 9.17) is 9.90 Å². The summed E-state index contributed by atoms with van der Waals surface area (Å²) in [5, 5.41) is 9.93. The monoisotopic (exact) mass is 244 g/mol. The van der Waals surface area contributed by atoms with E-state index >= 15 is 0 Å². The van der Waals surface area contributed by atoms with E-state index in [9.17, 15) is 13.2 Å². The Morgan fingerprint density at radius 3 is 2.53 bits per heavy atom. The molecular weight excluding hydrogens is 237 g/mol. The highest BCUT2D eigenvalue weighted by atomic mass is 19.4. The van der Waals surface area contributed by atoms with E-state index in [0.717, 1.165) is 10.9 Å². The summed E-state index contributed by atoms with van der Waals surface area (Å²) in [5.74, 6) is -3.01. The van der Waals surface area contributed by atoms with Crippen LogP contribution in [0.15, 0.2) is 36.8 Å². The van der Waals surface area contributed by atoms with Gasteiger partial charge < -0.3 is 9.90 Å². The van der Waals surface area contributed by atoms with Gasteiger partial charge in [-0.3, -0.25) is 4.98 Å². The summed E-state index contributed by atoms with van der Waals surface area (Å²) in [6, 6.07) is 5.91. The number of carboxylic acid groups (broad SMARTS) is 1. The molecule has 2 aromatic rings. The van der Waals surface area contributed by atoms with Gasteiger partial charge in [0.05, 0.1) is 10.9 Å². The molecule has 0 bridgehead atoms. The lowest BCUT2D eigenvalue weighted by Gasteiger charge is -2.03. The Labute approximate surface area is 93.7 Å². The van der Waals surface area contributed by atoms with Gasteiger partial charge in [0.25, 0.3) is 0 Å². The molecule has 1 N–H and O–H groups in total. The van der Waals surface area contributed by atoms with Crippen LogP contribution in [-0.4, -0.2) is 17.1 Å². The Morgan fingerprint density at radius 1 is 1.35 bits per heavy atom. The highest BCUT2D eigenvalue weighted by molar-refractivity contribution is 5.75. The SMILES string of the molecule is O=C([O-])C(F)(F)F.c1cnc2cc[nH+]cc2c1. The molecule has 0 spiro atoms. The van der Waals surface area contributed by atoms with Crippen LogP contribution < -0.4 is 10.1 Å². The van der Waals surface area contributed by atoms with E-state index in [1.165, 1.54) is 0 Å². The van der Waals surface area contributed by atoms with Crippen LogP contribution >= 0.6 is 0 Å². The summed E-state index contributed by atoms with van der Waals surface area (Å²) >= 11 is 0. The lowest BCUT2D eigenvalue weighted by molar-refractivity contribution is -0.375. The van der Waals surface area contributed by atoms with Gasteiger partial charge in [-0.05, 0) is 12.1 Å². The van der Waals surface area contributed by atoms with E-state index in [-0.39, 0.29) is 0 Å². The number of hydrogen-bond donors (Lipinski definition) is 0. The van der Waals surface area contributed by atoms with Gasteiger partial charge in [-0.2, -0.15) is 13.2 Å². The van der Waals surface area contributed by atoms with Crippen molar-refractivity contribution < 1.29 is 28.1 Å². The summed E-state index contributed by atoms with van der Waals surface area (Å²) < 4.78 is 31.5. The number of nitrogens with one attached hydrogen (secondary N) is 1. The Hall–Kier alpha value is -2.18. The lowest BCUT2D eigenvalue weighted by Crippen LogP contribution is -2.37. The number of H-pyrrole nitrogens is 1. The predicted octanol–water partition coefficient (Wildman–Crippen LogP) is 0.347. The zero-order valence-electron chi connectivity index (χ0n) is 8.36. The number of hydrogen-bond acceptors (Lipinski definition) is 3. The number of rotatable bonds is 0. The van der Waals surface area contributed by atoms with Gasteiger partial charge >= 0.3 is 6.18 Å². The molecule has 0 fully saturated rings. The van der Waals surface area contributed by atoms with E-state index in [0.29, 0.717) is 0 Å². The molecule has 0 saturated heterocycles. The first kappa shape index (κ1) is 12.9. The van der Waals surface area contributed by atoms with Crippen LogP contribution in [0.2, 0.25) is 0 Å². The molecule has 0 unspecified atom stereocenters. The maximum atomic E-state index is 10.5. The fraction of sp³-hybridized carbons (Fsp3) is 0.100. The van der Waals surface area contributed by atoms with Crippen LogP contribution in [0.5, 0.6) is 0 Å². The number of fused-ring (bicyclic) bond motifs is 1. The number of carbonyl (C=O) groups excluding carboxylic acids is 1. The zero-order chi connectivity index (χ0) is 12.9. The first-order chi connectivity index (χ1) is 7.91. The number of aromatic amines is 1. The van der Waals surface area contributed by atoms with Crippen molar-refractivity contribution in [3.63, 3.8) is 0 Å². The molecule has 2 aromatic heterocycles. The summed E-state index contributed by atoms with van der Waals surface area (Å²) in [7, 11) is 0. The molecule has 0 aliphatic heterocycles. The number of nitrogens with zero attached hydrogens (tertiary/aromatic N) is 1. The quantitative estimate of drug-likeness (QED) is 0.671. The Balaban J connectivity index is 0.000000185. The van der Waals surface area contributed by atoms with Crippen molar-refractivity contribution in [2.24, 2.45) is 0 Å². The summed E-state index contributed by atoms with van der Waals surface area (Å²) in [6.07, 6.45) is 0.403. The minimum Gasteiger partial charge on any atom is -0.542 e. The number of pyridine rings is 2. The minimum atomic E-state index is -5.19. The van der Waals surface area contributed by atoms with Gasteiger partial charge in [0.2, 0.25) is 0 Å². The normalized spacial score (nSPS) is 10.5. The molecule has 0 radical (unpaired) electrons. The third-order valence-electron chi connectivity index (χ3n) is 1.68. The third kappa shape index (κ3) is 4.06. The second-order valence-corrected chi connectivity index (χ2v) is 2.91. The Kier molecular flexibility index (Phi) is 3.97. The molecule has 4 nitrogen and oxygen atoms in total. The van der Waals surface area contributed by atoms with Crippen molar-refractivity contribution in [3.05, 3.63) is 36.8 Å². The van der Waals surface area contributed by atoms with Gasteiger partial charge in [-0.1, -0.05) is 0 Å². The van der Waals surface area contributed by atoms with E-state index in [1.54, 1.807) is 6.20 Å². The summed E-state index contributed by atoms with van der Waals surface area (Å²) in [4.78, 5) is 15.9. The molecule has 0 atom stereocenters. The van der Waals surface area contributed by atoms with E-state index in [2.05, 4.69) is 9.97 Å². The second-order valence-electron chi connectivity index (χ2n) is 2.91. The average Bonchev–Trinajstić information content (AvgIpc) is 2.29. The number of carbonyl (C=O) groups is 1. The minimum absolute atomic E-state index is 1.03. The van der Waals surface area contributed by atoms with Crippen molar-refractivity contribution in [1.82, 2.24) is 4.98 Å². The fourth-order valence-corrected chi connectivity index (χ4v) is 0.956. The maximum absolute atomic E-state index is 10.5. The van der Waals surface area contributed by atoms with Crippen molar-refractivity contribution in [2.75, 3.05) is 0 Å². The van der Waals surface area contributed by atoms with E-state index in [1.807, 2.05) is 30.6 Å². The highest BCUT2D eigenvalue weighted by Gasteiger charge is 2.28. The number of carboxylic acids is 1. The van der Waals surface area contributed by atoms with Crippen molar-refractivity contribution in [2.45, 2.75) is 6.18 Å². The number of aliphatic carboxylic acids is 1. The van der Waals surface area contributed by atoms with Crippen LogP contribution in [0.1, 0.15) is 0 Å². The van der Waals surface area contributed by atoms with Gasteiger partial charge in [-0.25, -0.2) is 4.98 Å². The highest BCUT2D eigenvalue weighted by Crippen LogP contribution is 2.11. The van der Waals surface area contributed by atoms with Crippen LogP contribution in [0.4, 0.5) is 13.2 Å². The first-order valence-corrected chi connectivity index (χ1v) is 4.40. The molecule has 0 saturated carbocycles. The number of aromatic nitrogens is 2. The van der Waals surface area contributed by atoms with Gasteiger partial charge in [0, 0.05) is 12.3 Å². The molecule has 0 aliphatic carbocycles. The Morgan fingerprint density at radius 2 is 2.00 bits per heavy atom. The Bertz CT molecular complexity index is 449. The molecule has 7 heteroatoms. The molecular formula is C10H7F3N2O2. The van der Waals surface area contributed by atoms with Crippen LogP contribution in [0, 0.1) is 0 Å². The lowest BCUT2D eigenvalue weighted by atomic mass is 10.3. The van der Waals surface area contributed by atoms with Crippen molar-refractivity contribution in [3.8, 4) is 0 Å². The third-order valence-corrected chi connectivity index (χ3v) is 1.68. The predicted molar refractivity (Wildman–Crippen MR) is 49.4 cm³/mol. The smallest absolute Gasteiger partial charge is 0.430 e. The molecule has 0 aromatic carbocycles. The van der Waals surface area contributed by atoms with Crippen molar-refractivity contribution in [1.29, 1.82) is 0 Å². The number of halogens is 3. The molecule has 0 amide bonds. The number of alkyl halides is 3. The molecule has 17 heavy (non-hydrogen) atoms. The standard InChI is InChI=1S/C8H6N2.C2HF3O2/c1-2-7-6-9-5-3-8(7)10-4-1;3-2(4,5)1(6)7/h1-6H;(H,6,7). The molecule has 0 aliphatic rings. The van der Waals surface area contributed by atoms with E-state index < -0.39 is 12.1 Å². The average molecular weight is 244 g/mol. The zero-order valence-corrected chi connectivity index (χ0v) is 8.36. The molecule has 2 rings (SSSR count). The van der Waals surface area contributed by atoms with Crippen molar-refractivity contribution >= 4 is 16.9 Å². The largest absolute Gasteiger partial charge is 0.542 e. The molecule has 2 heterocycles. The van der Waals surface area contributed by atoms with Gasteiger partial charge in [0.1, 0.15) is 5.97 Å². The fourth-order valence-electron chi connectivity index (χ4n) is 0.956. The van der Waals surface area contributed by atoms with Crippen LogP contribution in [0.25, 0.3) is 10.9 Å². The summed E-state index contributed by atoms with van der Waals surface area (Å²) in [5.41, 5.74) is 1.03. The first-order valence-electron chi connectivity index (χ1n) is 4.40. The van der Waals surface area contributed by atoms with Crippen LogP contribution in [-0.2, 0) is 4.79 Å². The second kappa shape index (κ2) is 5.24. The summed E-state index contributed by atoms with van der Waals surface area (Å²) in [6.45, 7) is 0. The van der Waals surface area contributed by atoms with Crippen LogP contribution in [0.3, 0.4) is 0 Å².